The number of rotatable bonds is 4. The molecule has 25 heavy (non-hydrogen) atoms. The molecule has 1 fully saturated rings. The maximum absolute atomic E-state index is 13.0. The van der Waals surface area contributed by atoms with E-state index in [-0.39, 0.29) is 16.3 Å². The van der Waals surface area contributed by atoms with Gasteiger partial charge in [-0.1, -0.05) is 0 Å². The Morgan fingerprint density at radius 1 is 0.920 bits per heavy atom. The third-order valence-electron chi connectivity index (χ3n) is 4.17. The minimum Gasteiger partial charge on any atom is -0.478 e. The zero-order valence-corrected chi connectivity index (χ0v) is 14.1. The van der Waals surface area contributed by atoms with Gasteiger partial charge in [0, 0.05) is 31.9 Å². The van der Waals surface area contributed by atoms with Gasteiger partial charge >= 0.3 is 5.97 Å². The van der Waals surface area contributed by atoms with Crippen molar-refractivity contribution in [3.05, 3.63) is 59.9 Å². The molecule has 132 valence electrons. The maximum atomic E-state index is 13.0. The van der Waals surface area contributed by atoms with Crippen LogP contribution in [0, 0.1) is 5.82 Å². The second-order valence-corrected chi connectivity index (χ2v) is 7.64. The standard InChI is InChI=1S/C17H17FN2O4S/c18-14-3-5-15(6-4-14)19-9-11-20(12-10-19)25(23,24)16-7-1-13(2-8-16)17(21)22/h1-8H,9-12H2,(H,21,22). The van der Waals surface area contributed by atoms with Crippen LogP contribution in [0.3, 0.4) is 0 Å². The number of anilines is 1. The van der Waals surface area contributed by atoms with Crippen molar-refractivity contribution < 1.29 is 22.7 Å². The number of piperazine rings is 1. The van der Waals surface area contributed by atoms with E-state index in [4.69, 9.17) is 5.11 Å². The van der Waals surface area contributed by atoms with E-state index < -0.39 is 16.0 Å². The Morgan fingerprint density at radius 2 is 1.48 bits per heavy atom. The van der Waals surface area contributed by atoms with Crippen LogP contribution in [0.25, 0.3) is 0 Å². The second kappa shape index (κ2) is 6.81. The van der Waals surface area contributed by atoms with E-state index in [9.17, 15) is 17.6 Å². The number of benzene rings is 2. The molecule has 3 rings (SSSR count). The average Bonchev–Trinajstić information content (AvgIpc) is 2.62. The van der Waals surface area contributed by atoms with Crippen molar-refractivity contribution in [2.45, 2.75) is 4.90 Å². The summed E-state index contributed by atoms with van der Waals surface area (Å²) in [5, 5.41) is 8.89. The monoisotopic (exact) mass is 364 g/mol. The number of carboxylic acid groups (broad SMARTS) is 1. The molecular weight excluding hydrogens is 347 g/mol. The van der Waals surface area contributed by atoms with Gasteiger partial charge in [0.25, 0.3) is 0 Å². The van der Waals surface area contributed by atoms with Crippen molar-refractivity contribution in [2.24, 2.45) is 0 Å². The van der Waals surface area contributed by atoms with Crippen molar-refractivity contribution in [3.8, 4) is 0 Å². The molecule has 8 heteroatoms. The molecule has 0 spiro atoms. The molecule has 0 amide bonds. The summed E-state index contributed by atoms with van der Waals surface area (Å²) in [5.41, 5.74) is 0.893. The van der Waals surface area contributed by atoms with Crippen LogP contribution in [0.1, 0.15) is 10.4 Å². The highest BCUT2D eigenvalue weighted by Crippen LogP contribution is 2.21. The summed E-state index contributed by atoms with van der Waals surface area (Å²) in [6.45, 7) is 1.61. The number of hydrogen-bond acceptors (Lipinski definition) is 4. The van der Waals surface area contributed by atoms with Crippen molar-refractivity contribution in [1.82, 2.24) is 4.31 Å². The fourth-order valence-corrected chi connectivity index (χ4v) is 4.18. The smallest absolute Gasteiger partial charge is 0.335 e. The van der Waals surface area contributed by atoms with Crippen molar-refractivity contribution in [2.75, 3.05) is 31.1 Å². The summed E-state index contributed by atoms with van der Waals surface area (Å²) < 4.78 is 39.7. The van der Waals surface area contributed by atoms with E-state index in [0.29, 0.717) is 26.2 Å². The highest BCUT2D eigenvalue weighted by molar-refractivity contribution is 7.89. The lowest BCUT2D eigenvalue weighted by Crippen LogP contribution is -2.48. The fourth-order valence-electron chi connectivity index (χ4n) is 2.76. The zero-order valence-electron chi connectivity index (χ0n) is 13.3. The molecule has 6 nitrogen and oxygen atoms in total. The normalized spacial score (nSPS) is 16.0. The first-order valence-corrected chi connectivity index (χ1v) is 9.16. The van der Waals surface area contributed by atoms with E-state index in [1.807, 2.05) is 4.90 Å². The summed E-state index contributed by atoms with van der Waals surface area (Å²) in [5.74, 6) is -1.41. The van der Waals surface area contributed by atoms with Gasteiger partial charge in [0.2, 0.25) is 10.0 Å². The number of carbonyl (C=O) groups is 1. The Kier molecular flexibility index (Phi) is 4.73. The second-order valence-electron chi connectivity index (χ2n) is 5.70. The van der Waals surface area contributed by atoms with Crippen LogP contribution in [0.15, 0.2) is 53.4 Å². The van der Waals surface area contributed by atoms with Crippen molar-refractivity contribution >= 4 is 21.7 Å². The average molecular weight is 364 g/mol. The summed E-state index contributed by atoms with van der Waals surface area (Å²) in [4.78, 5) is 12.9. The molecular formula is C17H17FN2O4S. The van der Waals surface area contributed by atoms with E-state index >= 15 is 0 Å². The van der Waals surface area contributed by atoms with Gasteiger partial charge in [-0.15, -0.1) is 0 Å². The predicted molar refractivity (Wildman–Crippen MR) is 90.8 cm³/mol. The minimum atomic E-state index is -3.66. The lowest BCUT2D eigenvalue weighted by Gasteiger charge is -2.35. The van der Waals surface area contributed by atoms with Crippen LogP contribution < -0.4 is 4.90 Å². The van der Waals surface area contributed by atoms with Crippen LogP contribution in [0.2, 0.25) is 0 Å². The molecule has 0 aromatic heterocycles. The van der Waals surface area contributed by atoms with Gasteiger partial charge in [0.1, 0.15) is 5.82 Å². The molecule has 1 N–H and O–H groups in total. The molecule has 0 unspecified atom stereocenters. The van der Waals surface area contributed by atoms with Crippen molar-refractivity contribution in [3.63, 3.8) is 0 Å². The number of halogens is 1. The summed E-state index contributed by atoms with van der Waals surface area (Å²) >= 11 is 0. The first-order valence-electron chi connectivity index (χ1n) is 7.72. The molecule has 0 aliphatic carbocycles. The third kappa shape index (κ3) is 3.64. The molecule has 0 saturated carbocycles. The fraction of sp³-hybridized carbons (Fsp3) is 0.235. The lowest BCUT2D eigenvalue weighted by atomic mass is 10.2. The van der Waals surface area contributed by atoms with Gasteiger partial charge in [-0.2, -0.15) is 4.31 Å². The molecule has 1 heterocycles. The predicted octanol–water partition coefficient (Wildman–Crippen LogP) is 2.03. The Bertz CT molecular complexity index is 859. The quantitative estimate of drug-likeness (QED) is 0.898. The Labute approximate surface area is 145 Å². The number of nitrogens with zero attached hydrogens (tertiary/aromatic N) is 2. The molecule has 1 aliphatic rings. The minimum absolute atomic E-state index is 0.0417. The van der Waals surface area contributed by atoms with Crippen LogP contribution in [0.5, 0.6) is 0 Å². The third-order valence-corrected chi connectivity index (χ3v) is 6.08. The summed E-state index contributed by atoms with van der Waals surface area (Å²) in [6, 6.07) is 11.3. The van der Waals surface area contributed by atoms with E-state index in [2.05, 4.69) is 0 Å². The lowest BCUT2D eigenvalue weighted by molar-refractivity contribution is 0.0696. The molecule has 1 aliphatic heterocycles. The first kappa shape index (κ1) is 17.4. The van der Waals surface area contributed by atoms with Gasteiger partial charge in [0.15, 0.2) is 0 Å². The highest BCUT2D eigenvalue weighted by Gasteiger charge is 2.28. The van der Waals surface area contributed by atoms with Crippen LogP contribution in [-0.4, -0.2) is 50.0 Å². The first-order chi connectivity index (χ1) is 11.9. The summed E-state index contributed by atoms with van der Waals surface area (Å²) in [6.07, 6.45) is 0. The van der Waals surface area contributed by atoms with E-state index in [1.165, 1.54) is 40.7 Å². The highest BCUT2D eigenvalue weighted by atomic mass is 32.2. The van der Waals surface area contributed by atoms with Gasteiger partial charge in [0.05, 0.1) is 10.5 Å². The van der Waals surface area contributed by atoms with E-state index in [0.717, 1.165) is 5.69 Å². The van der Waals surface area contributed by atoms with Gasteiger partial charge in [-0.3, -0.25) is 0 Å². The maximum Gasteiger partial charge on any atom is 0.335 e. The molecule has 0 atom stereocenters. The number of aromatic carboxylic acids is 1. The molecule has 2 aromatic rings. The van der Waals surface area contributed by atoms with Crippen molar-refractivity contribution in [1.29, 1.82) is 0 Å². The molecule has 0 radical (unpaired) electrons. The number of sulfonamides is 1. The van der Waals surface area contributed by atoms with E-state index in [1.54, 1.807) is 12.1 Å². The molecule has 1 saturated heterocycles. The molecule has 2 aromatic carbocycles. The number of carboxylic acids is 1. The topological polar surface area (TPSA) is 77.9 Å². The Morgan fingerprint density at radius 3 is 2.00 bits per heavy atom. The Hall–Kier alpha value is -2.45. The SMILES string of the molecule is O=C(O)c1ccc(S(=O)(=O)N2CCN(c3ccc(F)cc3)CC2)cc1. The van der Waals surface area contributed by atoms with Gasteiger partial charge in [-0.25, -0.2) is 17.6 Å². The zero-order chi connectivity index (χ0) is 18.0. The Balaban J connectivity index is 1.70. The van der Waals surface area contributed by atoms with Gasteiger partial charge in [-0.05, 0) is 48.5 Å². The van der Waals surface area contributed by atoms with Gasteiger partial charge < -0.3 is 10.0 Å². The number of hydrogen-bond donors (Lipinski definition) is 1. The van der Waals surface area contributed by atoms with Crippen LogP contribution in [-0.2, 0) is 10.0 Å². The largest absolute Gasteiger partial charge is 0.478 e. The molecule has 0 bridgehead atoms. The van der Waals surface area contributed by atoms with Crippen LogP contribution >= 0.6 is 0 Å². The van der Waals surface area contributed by atoms with Crippen LogP contribution in [0.4, 0.5) is 10.1 Å². The summed E-state index contributed by atoms with van der Waals surface area (Å²) in [7, 11) is -3.66.